The van der Waals surface area contributed by atoms with E-state index in [4.69, 9.17) is 14.3 Å². The number of hydrogen-bond donors (Lipinski definition) is 1. The molecule has 0 aliphatic carbocycles. The first-order valence-corrected chi connectivity index (χ1v) is 7.29. The molecular formula is C13H18N2O5S. The molecule has 1 aromatic rings. The van der Waals surface area contributed by atoms with E-state index in [9.17, 15) is 9.59 Å². The number of thioether (sulfide) groups is 1. The summed E-state index contributed by atoms with van der Waals surface area (Å²) in [4.78, 5) is 28.4. The predicted molar refractivity (Wildman–Crippen MR) is 75.2 cm³/mol. The van der Waals surface area contributed by atoms with Crippen LogP contribution in [-0.2, 0) is 9.53 Å². The highest BCUT2D eigenvalue weighted by Crippen LogP contribution is 2.42. The molecule has 0 saturated carbocycles. The SMILES string of the molecule is CC(C)(C)OC(=O)N1CC(CC(=O)O)(Sc2ncco2)C1. The Balaban J connectivity index is 1.99. The largest absolute Gasteiger partial charge is 0.481 e. The van der Waals surface area contributed by atoms with Gasteiger partial charge in [0.2, 0.25) is 0 Å². The third-order valence-electron chi connectivity index (χ3n) is 2.80. The lowest BCUT2D eigenvalue weighted by molar-refractivity contribution is -0.138. The molecule has 0 spiro atoms. The molecule has 1 aromatic heterocycles. The molecular weight excluding hydrogens is 296 g/mol. The van der Waals surface area contributed by atoms with Crippen molar-refractivity contribution in [2.45, 2.75) is 42.8 Å². The van der Waals surface area contributed by atoms with Gasteiger partial charge in [-0.05, 0) is 20.8 Å². The van der Waals surface area contributed by atoms with Gasteiger partial charge in [0.25, 0.3) is 5.22 Å². The van der Waals surface area contributed by atoms with E-state index >= 15 is 0 Å². The fourth-order valence-corrected chi connectivity index (χ4v) is 3.26. The average molecular weight is 314 g/mol. The summed E-state index contributed by atoms with van der Waals surface area (Å²) >= 11 is 1.24. The molecule has 1 N–H and O–H groups in total. The molecule has 2 rings (SSSR count). The second kappa shape index (κ2) is 5.59. The number of oxazole rings is 1. The number of amides is 1. The van der Waals surface area contributed by atoms with Crippen molar-refractivity contribution < 1.29 is 23.8 Å². The minimum Gasteiger partial charge on any atom is -0.481 e. The number of carboxylic acid groups (broad SMARTS) is 1. The quantitative estimate of drug-likeness (QED) is 0.910. The van der Waals surface area contributed by atoms with Crippen LogP contribution < -0.4 is 0 Å². The number of rotatable bonds is 4. The Bertz CT molecular complexity index is 517. The van der Waals surface area contributed by atoms with Gasteiger partial charge in [0.1, 0.15) is 11.9 Å². The standard InChI is InChI=1S/C13H18N2O5S/c1-12(2,3)20-11(18)15-7-13(8-15,6-9(16)17)21-10-14-4-5-19-10/h4-5H,6-8H2,1-3H3,(H,16,17). The summed E-state index contributed by atoms with van der Waals surface area (Å²) < 4.78 is 9.80. The number of likely N-dealkylation sites (tertiary alicyclic amines) is 1. The Morgan fingerprint density at radius 2 is 2.19 bits per heavy atom. The monoisotopic (exact) mass is 314 g/mol. The van der Waals surface area contributed by atoms with E-state index in [2.05, 4.69) is 4.98 Å². The van der Waals surface area contributed by atoms with Gasteiger partial charge in [0.05, 0.1) is 17.4 Å². The van der Waals surface area contributed by atoms with Crippen LogP contribution in [0.1, 0.15) is 27.2 Å². The summed E-state index contributed by atoms with van der Waals surface area (Å²) in [5.41, 5.74) is -0.572. The highest BCUT2D eigenvalue weighted by atomic mass is 32.2. The zero-order chi connectivity index (χ0) is 15.7. The topological polar surface area (TPSA) is 92.9 Å². The lowest BCUT2D eigenvalue weighted by Gasteiger charge is -2.47. The van der Waals surface area contributed by atoms with Crippen LogP contribution in [0, 0.1) is 0 Å². The molecule has 0 bridgehead atoms. The van der Waals surface area contributed by atoms with E-state index in [1.807, 2.05) is 0 Å². The van der Waals surface area contributed by atoms with Crippen LogP contribution in [0.3, 0.4) is 0 Å². The second-order valence-electron chi connectivity index (χ2n) is 5.99. The fourth-order valence-electron chi connectivity index (χ4n) is 2.04. The Hall–Kier alpha value is -1.70. The molecule has 2 heterocycles. The minimum absolute atomic E-state index is 0.0701. The summed E-state index contributed by atoms with van der Waals surface area (Å²) in [5, 5.41) is 9.46. The van der Waals surface area contributed by atoms with Gasteiger partial charge in [-0.3, -0.25) is 4.79 Å². The van der Waals surface area contributed by atoms with Crippen molar-refractivity contribution in [3.63, 3.8) is 0 Å². The first kappa shape index (κ1) is 15.7. The van der Waals surface area contributed by atoms with Crippen LogP contribution in [0.5, 0.6) is 0 Å². The van der Waals surface area contributed by atoms with Crippen molar-refractivity contribution in [3.8, 4) is 0 Å². The molecule has 1 aliphatic rings. The Labute approximate surface area is 126 Å². The van der Waals surface area contributed by atoms with E-state index in [1.54, 1.807) is 20.8 Å². The molecule has 21 heavy (non-hydrogen) atoms. The van der Waals surface area contributed by atoms with Gasteiger partial charge in [0, 0.05) is 13.1 Å². The zero-order valence-corrected chi connectivity index (χ0v) is 13.0. The Kier molecular flexibility index (Phi) is 4.18. The number of nitrogens with zero attached hydrogens (tertiary/aromatic N) is 2. The van der Waals surface area contributed by atoms with Gasteiger partial charge < -0.3 is 19.2 Å². The highest BCUT2D eigenvalue weighted by molar-refractivity contribution is 8.00. The van der Waals surface area contributed by atoms with Crippen LogP contribution in [-0.4, -0.2) is 50.5 Å². The van der Waals surface area contributed by atoms with Crippen LogP contribution in [0.15, 0.2) is 22.1 Å². The minimum atomic E-state index is -0.919. The van der Waals surface area contributed by atoms with Gasteiger partial charge >= 0.3 is 12.1 Å². The zero-order valence-electron chi connectivity index (χ0n) is 12.2. The van der Waals surface area contributed by atoms with Gasteiger partial charge in [-0.25, -0.2) is 9.78 Å². The van der Waals surface area contributed by atoms with E-state index < -0.39 is 22.4 Å². The average Bonchev–Trinajstić information content (AvgIpc) is 2.74. The van der Waals surface area contributed by atoms with Crippen LogP contribution in [0.2, 0.25) is 0 Å². The molecule has 1 aliphatic heterocycles. The smallest absolute Gasteiger partial charge is 0.410 e. The lowest BCUT2D eigenvalue weighted by Crippen LogP contribution is -2.62. The summed E-state index contributed by atoms with van der Waals surface area (Å²) in [6.07, 6.45) is 2.43. The highest BCUT2D eigenvalue weighted by Gasteiger charge is 2.49. The maximum absolute atomic E-state index is 11.9. The number of hydrogen-bond acceptors (Lipinski definition) is 6. The number of carbonyl (C=O) groups excluding carboxylic acids is 1. The Morgan fingerprint density at radius 3 is 2.67 bits per heavy atom. The van der Waals surface area contributed by atoms with Gasteiger partial charge in [-0.1, -0.05) is 11.8 Å². The van der Waals surface area contributed by atoms with E-state index in [0.717, 1.165) is 0 Å². The van der Waals surface area contributed by atoms with Crippen molar-refractivity contribution in [2.75, 3.05) is 13.1 Å². The Morgan fingerprint density at radius 1 is 1.52 bits per heavy atom. The molecule has 1 saturated heterocycles. The molecule has 7 nitrogen and oxygen atoms in total. The molecule has 0 unspecified atom stereocenters. The van der Waals surface area contributed by atoms with Gasteiger partial charge in [-0.15, -0.1) is 0 Å². The third kappa shape index (κ3) is 4.13. The van der Waals surface area contributed by atoms with E-state index in [-0.39, 0.29) is 6.42 Å². The summed E-state index contributed by atoms with van der Waals surface area (Å²) in [5.74, 6) is -0.919. The summed E-state index contributed by atoms with van der Waals surface area (Å²) in [7, 11) is 0. The molecule has 0 aromatic carbocycles. The summed E-state index contributed by atoms with van der Waals surface area (Å²) in [6, 6.07) is 0. The van der Waals surface area contributed by atoms with E-state index in [0.29, 0.717) is 18.3 Å². The third-order valence-corrected chi connectivity index (χ3v) is 4.01. The van der Waals surface area contributed by atoms with Crippen molar-refractivity contribution in [2.24, 2.45) is 0 Å². The molecule has 1 amide bonds. The van der Waals surface area contributed by atoms with Crippen molar-refractivity contribution in [3.05, 3.63) is 12.5 Å². The van der Waals surface area contributed by atoms with Crippen LogP contribution >= 0.6 is 11.8 Å². The molecule has 1 fully saturated rings. The lowest BCUT2D eigenvalue weighted by atomic mass is 9.95. The van der Waals surface area contributed by atoms with Crippen molar-refractivity contribution in [1.82, 2.24) is 9.88 Å². The number of ether oxygens (including phenoxy) is 1. The van der Waals surface area contributed by atoms with Crippen molar-refractivity contribution in [1.29, 1.82) is 0 Å². The number of carbonyl (C=O) groups is 2. The summed E-state index contributed by atoms with van der Waals surface area (Å²) in [6.45, 7) is 5.95. The van der Waals surface area contributed by atoms with Crippen LogP contribution in [0.25, 0.3) is 0 Å². The molecule has 0 radical (unpaired) electrons. The second-order valence-corrected chi connectivity index (χ2v) is 7.41. The molecule has 8 heteroatoms. The normalized spacial score (nSPS) is 17.2. The van der Waals surface area contributed by atoms with Crippen LogP contribution in [0.4, 0.5) is 4.79 Å². The number of carboxylic acids is 1. The maximum Gasteiger partial charge on any atom is 0.410 e. The van der Waals surface area contributed by atoms with Gasteiger partial charge in [0.15, 0.2) is 0 Å². The number of aromatic nitrogens is 1. The predicted octanol–water partition coefficient (Wildman–Crippen LogP) is 2.23. The first-order chi connectivity index (χ1) is 9.69. The van der Waals surface area contributed by atoms with Crippen molar-refractivity contribution >= 4 is 23.8 Å². The maximum atomic E-state index is 11.9. The molecule has 116 valence electrons. The fraction of sp³-hybridized carbons (Fsp3) is 0.615. The first-order valence-electron chi connectivity index (χ1n) is 6.47. The van der Waals surface area contributed by atoms with E-state index in [1.165, 1.54) is 29.1 Å². The number of aliphatic carboxylic acids is 1. The van der Waals surface area contributed by atoms with Gasteiger partial charge in [-0.2, -0.15) is 0 Å². The molecule has 0 atom stereocenters.